The third-order valence-electron chi connectivity index (χ3n) is 3.25. The quantitative estimate of drug-likeness (QED) is 0.794. The Morgan fingerprint density at radius 1 is 1.37 bits per heavy atom. The van der Waals surface area contributed by atoms with E-state index in [0.717, 1.165) is 18.5 Å². The first-order valence-corrected chi connectivity index (χ1v) is 7.08. The molecular formula is C15H27N3O. The summed E-state index contributed by atoms with van der Waals surface area (Å²) >= 11 is 0. The Kier molecular flexibility index (Phi) is 6.09. The second-order valence-corrected chi connectivity index (χ2v) is 5.92. The summed E-state index contributed by atoms with van der Waals surface area (Å²) in [5.41, 5.74) is 7.17. The first-order valence-electron chi connectivity index (χ1n) is 7.08. The van der Waals surface area contributed by atoms with E-state index in [-0.39, 0.29) is 11.9 Å². The first-order chi connectivity index (χ1) is 8.90. The van der Waals surface area contributed by atoms with Gasteiger partial charge in [-0.05, 0) is 29.9 Å². The lowest BCUT2D eigenvalue weighted by Gasteiger charge is -2.13. The Morgan fingerprint density at radius 2 is 2.05 bits per heavy atom. The lowest BCUT2D eigenvalue weighted by Crippen LogP contribution is -2.28. The molecule has 1 amide bonds. The molecule has 4 heteroatoms. The maximum atomic E-state index is 11.7. The number of carbonyl (C=O) groups is 1. The number of aromatic nitrogens is 1. The van der Waals surface area contributed by atoms with Gasteiger partial charge in [0.25, 0.3) is 0 Å². The fourth-order valence-corrected chi connectivity index (χ4v) is 1.86. The van der Waals surface area contributed by atoms with Gasteiger partial charge >= 0.3 is 0 Å². The molecule has 0 fully saturated rings. The molecule has 0 saturated carbocycles. The zero-order chi connectivity index (χ0) is 14.4. The van der Waals surface area contributed by atoms with Crippen LogP contribution in [0.1, 0.15) is 45.7 Å². The minimum Gasteiger partial charge on any atom is -0.355 e. The second kappa shape index (κ2) is 7.34. The second-order valence-electron chi connectivity index (χ2n) is 5.92. The largest absolute Gasteiger partial charge is 0.355 e. The van der Waals surface area contributed by atoms with Crippen LogP contribution in [0, 0.1) is 11.8 Å². The zero-order valence-corrected chi connectivity index (χ0v) is 12.5. The van der Waals surface area contributed by atoms with Gasteiger partial charge in [0.15, 0.2) is 0 Å². The Hall–Kier alpha value is -1.29. The number of amides is 1. The molecule has 3 N–H and O–H groups in total. The molecule has 0 aliphatic rings. The van der Waals surface area contributed by atoms with E-state index in [0.29, 0.717) is 18.4 Å². The van der Waals surface area contributed by atoms with E-state index in [4.69, 9.17) is 5.73 Å². The SMILES string of the molecule is CC(C)CCNC(=O)Cn1ccc(C(N)C(C)C)c1. The summed E-state index contributed by atoms with van der Waals surface area (Å²) in [6.07, 6.45) is 4.90. The number of carbonyl (C=O) groups excluding carboxylic acids is 1. The molecule has 0 aliphatic carbocycles. The molecule has 0 saturated heterocycles. The van der Waals surface area contributed by atoms with Gasteiger partial charge in [-0.15, -0.1) is 0 Å². The standard InChI is InChI=1S/C15H27N3O/c1-11(2)5-7-17-14(19)10-18-8-6-13(9-18)15(16)12(3)4/h6,8-9,11-12,15H,5,7,10,16H2,1-4H3,(H,17,19). The van der Waals surface area contributed by atoms with E-state index in [1.807, 2.05) is 23.0 Å². The molecule has 19 heavy (non-hydrogen) atoms. The zero-order valence-electron chi connectivity index (χ0n) is 12.5. The van der Waals surface area contributed by atoms with Crippen molar-refractivity contribution in [2.45, 2.75) is 46.7 Å². The number of nitrogens with zero attached hydrogens (tertiary/aromatic N) is 1. The van der Waals surface area contributed by atoms with Gasteiger partial charge in [0.05, 0.1) is 0 Å². The average Bonchev–Trinajstić information content (AvgIpc) is 2.75. The molecule has 1 heterocycles. The predicted octanol–water partition coefficient (Wildman–Crippen LogP) is 2.31. The normalized spacial score (nSPS) is 13.0. The van der Waals surface area contributed by atoms with Crippen molar-refractivity contribution in [3.63, 3.8) is 0 Å². The van der Waals surface area contributed by atoms with Gasteiger partial charge in [-0.25, -0.2) is 0 Å². The van der Waals surface area contributed by atoms with Crippen molar-refractivity contribution < 1.29 is 4.79 Å². The molecule has 1 aromatic heterocycles. The van der Waals surface area contributed by atoms with E-state index >= 15 is 0 Å². The fraction of sp³-hybridized carbons (Fsp3) is 0.667. The van der Waals surface area contributed by atoms with E-state index in [2.05, 4.69) is 33.0 Å². The van der Waals surface area contributed by atoms with Crippen molar-refractivity contribution in [2.24, 2.45) is 17.6 Å². The van der Waals surface area contributed by atoms with Gasteiger partial charge < -0.3 is 15.6 Å². The molecule has 0 bridgehead atoms. The minimum atomic E-state index is 0.0326. The van der Waals surface area contributed by atoms with Crippen molar-refractivity contribution in [1.82, 2.24) is 9.88 Å². The summed E-state index contributed by atoms with van der Waals surface area (Å²) in [5, 5.41) is 2.93. The maximum Gasteiger partial charge on any atom is 0.239 e. The Balaban J connectivity index is 2.43. The highest BCUT2D eigenvalue weighted by atomic mass is 16.1. The van der Waals surface area contributed by atoms with Crippen LogP contribution in [0.25, 0.3) is 0 Å². The van der Waals surface area contributed by atoms with Crippen LogP contribution in [-0.4, -0.2) is 17.0 Å². The van der Waals surface area contributed by atoms with Crippen molar-refractivity contribution in [1.29, 1.82) is 0 Å². The van der Waals surface area contributed by atoms with E-state index in [9.17, 15) is 4.79 Å². The number of nitrogens with two attached hydrogens (primary N) is 1. The molecule has 0 aromatic carbocycles. The van der Waals surface area contributed by atoms with Crippen LogP contribution in [0.4, 0.5) is 0 Å². The third kappa shape index (κ3) is 5.47. The van der Waals surface area contributed by atoms with Crippen LogP contribution in [0.15, 0.2) is 18.5 Å². The van der Waals surface area contributed by atoms with Gasteiger partial charge in [0.2, 0.25) is 5.91 Å². The summed E-state index contributed by atoms with van der Waals surface area (Å²) in [6.45, 7) is 9.61. The summed E-state index contributed by atoms with van der Waals surface area (Å²) in [6, 6.07) is 2.02. The highest BCUT2D eigenvalue weighted by Crippen LogP contribution is 2.18. The van der Waals surface area contributed by atoms with Crippen LogP contribution in [0.2, 0.25) is 0 Å². The van der Waals surface area contributed by atoms with E-state index in [1.165, 1.54) is 0 Å². The van der Waals surface area contributed by atoms with Crippen molar-refractivity contribution in [3.05, 3.63) is 24.0 Å². The molecule has 1 atom stereocenters. The van der Waals surface area contributed by atoms with E-state index in [1.54, 1.807) is 0 Å². The Bertz CT molecular complexity index is 396. The molecule has 1 unspecified atom stereocenters. The summed E-state index contributed by atoms with van der Waals surface area (Å²) in [7, 11) is 0. The van der Waals surface area contributed by atoms with Crippen LogP contribution < -0.4 is 11.1 Å². The average molecular weight is 265 g/mol. The summed E-state index contributed by atoms with van der Waals surface area (Å²) in [5.74, 6) is 1.07. The fourth-order valence-electron chi connectivity index (χ4n) is 1.86. The molecule has 0 spiro atoms. The predicted molar refractivity (Wildman–Crippen MR) is 78.7 cm³/mol. The third-order valence-corrected chi connectivity index (χ3v) is 3.25. The molecule has 1 aromatic rings. The summed E-state index contributed by atoms with van der Waals surface area (Å²) < 4.78 is 1.89. The Morgan fingerprint density at radius 3 is 2.63 bits per heavy atom. The Labute approximate surface area is 116 Å². The van der Waals surface area contributed by atoms with E-state index < -0.39 is 0 Å². The first kappa shape index (κ1) is 15.8. The molecule has 108 valence electrons. The smallest absolute Gasteiger partial charge is 0.239 e. The molecule has 0 aliphatic heterocycles. The van der Waals surface area contributed by atoms with Gasteiger partial charge in [-0.1, -0.05) is 27.7 Å². The molecule has 0 radical (unpaired) electrons. The van der Waals surface area contributed by atoms with Crippen molar-refractivity contribution in [3.8, 4) is 0 Å². The van der Waals surface area contributed by atoms with Gasteiger partial charge in [-0.2, -0.15) is 0 Å². The van der Waals surface area contributed by atoms with Crippen LogP contribution in [0.5, 0.6) is 0 Å². The molecular weight excluding hydrogens is 238 g/mol. The van der Waals surface area contributed by atoms with Crippen molar-refractivity contribution in [2.75, 3.05) is 6.54 Å². The minimum absolute atomic E-state index is 0.0326. The monoisotopic (exact) mass is 265 g/mol. The number of hydrogen-bond donors (Lipinski definition) is 2. The van der Waals surface area contributed by atoms with Crippen LogP contribution >= 0.6 is 0 Å². The van der Waals surface area contributed by atoms with Crippen LogP contribution in [0.3, 0.4) is 0 Å². The lowest BCUT2D eigenvalue weighted by atomic mass is 10.00. The van der Waals surface area contributed by atoms with Crippen LogP contribution in [-0.2, 0) is 11.3 Å². The number of hydrogen-bond acceptors (Lipinski definition) is 2. The molecule has 4 nitrogen and oxygen atoms in total. The highest BCUT2D eigenvalue weighted by molar-refractivity contribution is 5.75. The maximum absolute atomic E-state index is 11.7. The van der Waals surface area contributed by atoms with Crippen molar-refractivity contribution >= 4 is 5.91 Å². The van der Waals surface area contributed by atoms with Gasteiger partial charge in [-0.3, -0.25) is 4.79 Å². The number of rotatable bonds is 7. The topological polar surface area (TPSA) is 60.0 Å². The highest BCUT2D eigenvalue weighted by Gasteiger charge is 2.12. The van der Waals surface area contributed by atoms with Gasteiger partial charge in [0, 0.05) is 25.0 Å². The molecule has 1 rings (SSSR count). The lowest BCUT2D eigenvalue weighted by molar-refractivity contribution is -0.121. The summed E-state index contributed by atoms with van der Waals surface area (Å²) in [4.78, 5) is 11.7. The van der Waals surface area contributed by atoms with Gasteiger partial charge in [0.1, 0.15) is 6.54 Å². The number of nitrogens with one attached hydrogen (secondary N) is 1.